The minimum Gasteiger partial charge on any atom is -0.508 e. The van der Waals surface area contributed by atoms with Crippen LogP contribution < -0.4 is 27.0 Å². The number of aliphatic carboxylic acids is 1. The van der Waals surface area contributed by atoms with Crippen LogP contribution in [0.3, 0.4) is 0 Å². The molecule has 6 aromatic heterocycles. The lowest BCUT2D eigenvalue weighted by atomic mass is 10.0. The number of thiazole rings is 4. The Bertz CT molecular complexity index is 3930. The van der Waals surface area contributed by atoms with Gasteiger partial charge in [0, 0.05) is 33.7 Å². The Morgan fingerprint density at radius 3 is 2.20 bits per heavy atom. The van der Waals surface area contributed by atoms with Crippen LogP contribution in [0.2, 0.25) is 0 Å². The van der Waals surface area contributed by atoms with Crippen molar-refractivity contribution >= 4 is 104 Å². The number of carbonyl (C=O) groups excluding carboxylic acids is 6. The lowest BCUT2D eigenvalue weighted by Crippen LogP contribution is -2.53. The highest BCUT2D eigenvalue weighted by atomic mass is 32.2. The zero-order valence-corrected chi connectivity index (χ0v) is 47.9. The highest BCUT2D eigenvalue weighted by Crippen LogP contribution is 2.44. The van der Waals surface area contributed by atoms with Crippen molar-refractivity contribution in [2.24, 2.45) is 16.6 Å². The van der Waals surface area contributed by atoms with Crippen LogP contribution in [0, 0.1) is 5.92 Å². The number of nitrogens with one attached hydrogen (secondary N) is 4. The van der Waals surface area contributed by atoms with Crippen LogP contribution in [-0.4, -0.2) is 127 Å². The Labute approximate surface area is 496 Å². The first-order valence-electron chi connectivity index (χ1n) is 25.7. The number of fused-ring (bicyclic) bond motifs is 15. The number of aromatic hydroxyl groups is 1. The van der Waals surface area contributed by atoms with E-state index in [1.54, 1.807) is 35.0 Å². The van der Waals surface area contributed by atoms with E-state index in [9.17, 15) is 44.1 Å². The summed E-state index contributed by atoms with van der Waals surface area (Å²) in [6, 6.07) is 13.9. The number of carboxylic acid groups (broad SMARTS) is 1. The van der Waals surface area contributed by atoms with Gasteiger partial charge in [0.15, 0.2) is 5.69 Å². The Kier molecular flexibility index (Phi) is 16.4. The lowest BCUT2D eigenvalue weighted by Gasteiger charge is -2.32. The van der Waals surface area contributed by atoms with Gasteiger partial charge in [-0.25, -0.2) is 34.7 Å². The zero-order chi connectivity index (χ0) is 58.9. The molecule has 0 spiro atoms. The molecule has 9 N–H and O–H groups in total. The molecule has 9 heterocycles. The van der Waals surface area contributed by atoms with Crippen LogP contribution in [0.4, 0.5) is 0 Å². The third kappa shape index (κ3) is 12.3. The van der Waals surface area contributed by atoms with Crippen molar-refractivity contribution in [3.05, 3.63) is 145 Å². The van der Waals surface area contributed by atoms with E-state index in [4.69, 9.17) is 30.1 Å². The summed E-state index contributed by atoms with van der Waals surface area (Å²) in [5.41, 5.74) is 7.69. The van der Waals surface area contributed by atoms with Crippen molar-refractivity contribution in [2.45, 2.75) is 69.0 Å². The van der Waals surface area contributed by atoms with Gasteiger partial charge in [-0.15, -0.1) is 57.1 Å². The van der Waals surface area contributed by atoms with Gasteiger partial charge in [-0.05, 0) is 54.2 Å². The lowest BCUT2D eigenvalue weighted by molar-refractivity contribution is -0.145. The molecule has 8 aromatic rings. The second kappa shape index (κ2) is 24.1. The van der Waals surface area contributed by atoms with Gasteiger partial charge in [0.25, 0.3) is 17.7 Å². The number of thioether (sulfide) groups is 1. The quantitative estimate of drug-likeness (QED) is 0.0753. The van der Waals surface area contributed by atoms with Crippen LogP contribution in [-0.2, 0) is 32.0 Å². The molecule has 10 bridgehead atoms. The molecular weight excluding hydrogens is 1180 g/mol. The standard InChI is InChI=1S/C55H47N13O11S5/c1-24-14-41(71)68-43(24)53-67-39(23-84-53)52-63-35(19-80-52)42-29(12-13-30(58-42)49-64-36(20-81-49)45(73)57-25(2)55(77)78)48-62-34(18-79-48)44(72)60-32(17-40(56)70)51-66-37(21-83-51)46(74)59-31(15-26-6-4-3-5-7-26)50-65-38(22-82-50)47(75)61-33(54(68)76)16-27-8-10-28(69)11-9-27/h3-13,18-21,23-24,31-33,38,41,43,69,71H,2,14-17,22H2,1H3,(H2,56,70)(H,57,73)(H,59,74)(H,60,72)(H,61,75)(H,77,78). The smallest absolute Gasteiger partial charge is 0.351 e. The number of nitrogens with zero attached hydrogens (tertiary/aromatic N) is 8. The van der Waals surface area contributed by atoms with Crippen LogP contribution in [0.25, 0.3) is 44.2 Å². The second-order valence-corrected chi connectivity index (χ2v) is 24.1. The van der Waals surface area contributed by atoms with Crippen LogP contribution >= 0.6 is 57.1 Å². The maximum atomic E-state index is 15.1. The molecule has 0 aliphatic carbocycles. The number of carboxylic acids is 1. The molecule has 3 aliphatic heterocycles. The maximum Gasteiger partial charge on any atom is 0.351 e. The minimum atomic E-state index is -1.42. The third-order valence-electron chi connectivity index (χ3n) is 13.7. The van der Waals surface area contributed by atoms with Crippen LogP contribution in [0.1, 0.15) is 84.5 Å². The Balaban J connectivity index is 0.992. The molecule has 428 valence electrons. The summed E-state index contributed by atoms with van der Waals surface area (Å²) in [5, 5.41) is 50.2. The number of pyridine rings is 1. The first-order valence-corrected chi connectivity index (χ1v) is 30.2. The molecule has 2 aromatic carbocycles. The van der Waals surface area contributed by atoms with E-state index in [0.29, 0.717) is 32.0 Å². The van der Waals surface area contributed by atoms with Gasteiger partial charge in [-0.1, -0.05) is 56.0 Å². The minimum absolute atomic E-state index is 0.00329. The molecule has 24 nitrogen and oxygen atoms in total. The summed E-state index contributed by atoms with van der Waals surface area (Å²) in [5.74, 6) is -5.77. The van der Waals surface area contributed by atoms with E-state index < -0.39 is 90.0 Å². The monoisotopic (exact) mass is 1230 g/mol. The van der Waals surface area contributed by atoms with E-state index in [1.807, 2.05) is 37.3 Å². The normalized spacial score (nSPS) is 20.9. The van der Waals surface area contributed by atoms with E-state index >= 15 is 4.79 Å². The number of aliphatic hydroxyl groups excluding tert-OH is 1. The second-order valence-electron chi connectivity index (χ2n) is 19.6. The number of rotatable bonds is 10. The largest absolute Gasteiger partial charge is 0.508 e. The number of oxazole rings is 1. The fourth-order valence-corrected chi connectivity index (χ4v) is 14.2. The molecule has 1 fully saturated rings. The third-order valence-corrected chi connectivity index (χ3v) is 18.5. The predicted octanol–water partition coefficient (Wildman–Crippen LogP) is 5.77. The van der Waals surface area contributed by atoms with Gasteiger partial charge in [-0.2, -0.15) is 0 Å². The molecule has 0 radical (unpaired) electrons. The summed E-state index contributed by atoms with van der Waals surface area (Å²) in [6.45, 7) is 5.24. The Hall–Kier alpha value is -8.87. The van der Waals surface area contributed by atoms with Crippen molar-refractivity contribution in [3.8, 4) is 50.0 Å². The summed E-state index contributed by atoms with van der Waals surface area (Å²) < 4.78 is 5.94. The van der Waals surface area contributed by atoms with Gasteiger partial charge in [-0.3, -0.25) is 33.8 Å². The van der Waals surface area contributed by atoms with Crippen LogP contribution in [0.5, 0.6) is 5.75 Å². The summed E-state index contributed by atoms with van der Waals surface area (Å²) in [6.07, 6.45) is -0.112. The van der Waals surface area contributed by atoms with E-state index in [2.05, 4.69) is 42.8 Å². The fraction of sp³-hybridized carbons (Fsp3) is 0.236. The van der Waals surface area contributed by atoms with Gasteiger partial charge >= 0.3 is 5.97 Å². The number of aliphatic hydroxyl groups is 1. The number of phenols is 1. The summed E-state index contributed by atoms with van der Waals surface area (Å²) in [7, 11) is 0. The van der Waals surface area contributed by atoms with Crippen molar-refractivity contribution in [1.82, 2.24) is 56.1 Å². The maximum absolute atomic E-state index is 15.1. The molecular formula is C55H47N13O11S5. The van der Waals surface area contributed by atoms with Gasteiger partial charge < -0.3 is 51.6 Å². The Morgan fingerprint density at radius 1 is 0.750 bits per heavy atom. The number of carbonyl (C=O) groups is 7. The molecule has 29 heteroatoms. The number of amides is 6. The van der Waals surface area contributed by atoms with Crippen LogP contribution in [0.15, 0.2) is 116 Å². The fourth-order valence-electron chi connectivity index (χ4n) is 9.60. The van der Waals surface area contributed by atoms with E-state index in [-0.39, 0.29) is 86.6 Å². The van der Waals surface area contributed by atoms with Crippen molar-refractivity contribution in [1.29, 1.82) is 0 Å². The first kappa shape index (κ1) is 57.0. The Morgan fingerprint density at radius 2 is 1.43 bits per heavy atom. The van der Waals surface area contributed by atoms with Gasteiger partial charge in [0.1, 0.15) is 84.5 Å². The summed E-state index contributed by atoms with van der Waals surface area (Å²) in [4.78, 5) is 129. The highest BCUT2D eigenvalue weighted by Gasteiger charge is 2.46. The van der Waals surface area contributed by atoms with E-state index in [0.717, 1.165) is 34.5 Å². The summed E-state index contributed by atoms with van der Waals surface area (Å²) >= 11 is 5.80. The average Bonchev–Trinajstić information content (AvgIpc) is 2.99. The molecule has 11 rings (SSSR count). The molecule has 0 saturated carbocycles. The molecule has 6 amide bonds. The molecule has 3 aliphatic rings. The molecule has 1 saturated heterocycles. The average molecular weight is 1230 g/mol. The van der Waals surface area contributed by atoms with Gasteiger partial charge in [0.2, 0.25) is 23.6 Å². The number of hydrogen-bond donors (Lipinski definition) is 8. The number of aliphatic imine (C=N–C) groups is 1. The van der Waals surface area contributed by atoms with Crippen molar-refractivity contribution < 1.29 is 53.3 Å². The SMILES string of the molecule is C=C(NC(=O)c1csc(-c2ccc3c(n2)-c2csc(n2)-c2csc(n2)C2C(C)CC(O)N2C(=O)C(Cc2ccc(O)cc2)NC(=O)C2CSC(=N2)C(Cc2ccccc2)NC(=O)c2csc(n2)C(CC(N)=O)NC(=O)c2coc-3n2)n1)C(=O)O. The number of benzene rings is 2. The number of phenolic OH excluding ortho intramolecular Hbond substituents is 1. The highest BCUT2D eigenvalue weighted by molar-refractivity contribution is 8.14. The number of nitrogens with two attached hydrogens (primary N) is 1. The zero-order valence-electron chi connectivity index (χ0n) is 43.8. The topological polar surface area (TPSA) is 360 Å². The van der Waals surface area contributed by atoms with Crippen molar-refractivity contribution in [2.75, 3.05) is 5.75 Å². The van der Waals surface area contributed by atoms with Crippen molar-refractivity contribution in [3.63, 3.8) is 0 Å². The number of hydrogen-bond acceptors (Lipinski definition) is 22. The molecule has 7 atom stereocenters. The molecule has 84 heavy (non-hydrogen) atoms. The molecule has 7 unspecified atom stereocenters. The first-order chi connectivity index (χ1) is 40.4. The predicted molar refractivity (Wildman–Crippen MR) is 312 cm³/mol. The van der Waals surface area contributed by atoms with E-state index in [1.165, 1.54) is 62.2 Å². The number of aromatic nitrogens is 6. The number of primary amides is 1. The van der Waals surface area contributed by atoms with Gasteiger partial charge in [0.05, 0.1) is 40.8 Å².